The molecular weight excluding hydrogens is 319 g/mol. The molecule has 0 aliphatic carbocycles. The molecule has 0 spiro atoms. The summed E-state index contributed by atoms with van der Waals surface area (Å²) in [5.74, 6) is -0.502. The zero-order chi connectivity index (χ0) is 17.8. The Hall–Kier alpha value is -3.15. The average molecular weight is 338 g/mol. The fourth-order valence-corrected chi connectivity index (χ4v) is 2.58. The van der Waals surface area contributed by atoms with Crippen LogP contribution >= 0.6 is 0 Å². The quantitative estimate of drug-likeness (QED) is 0.746. The molecule has 2 N–H and O–H groups in total. The van der Waals surface area contributed by atoms with Crippen molar-refractivity contribution in [3.05, 3.63) is 71.8 Å². The zero-order valence-electron chi connectivity index (χ0n) is 14.1. The summed E-state index contributed by atoms with van der Waals surface area (Å²) in [7, 11) is 0. The van der Waals surface area contributed by atoms with Crippen LogP contribution in [0.4, 0.5) is 15.8 Å². The summed E-state index contributed by atoms with van der Waals surface area (Å²) in [6.45, 7) is 3.85. The van der Waals surface area contributed by atoms with E-state index >= 15 is 0 Å². The average Bonchev–Trinajstić information content (AvgIpc) is 2.90. The van der Waals surface area contributed by atoms with E-state index < -0.39 is 0 Å². The Morgan fingerprint density at radius 2 is 1.76 bits per heavy atom. The van der Waals surface area contributed by atoms with E-state index in [2.05, 4.69) is 15.7 Å². The van der Waals surface area contributed by atoms with Crippen molar-refractivity contribution in [2.45, 2.75) is 13.8 Å². The van der Waals surface area contributed by atoms with Gasteiger partial charge in [0.15, 0.2) is 0 Å². The molecular formula is C19H19FN4O. The summed E-state index contributed by atoms with van der Waals surface area (Å²) < 4.78 is 14.7. The second kappa shape index (κ2) is 7.17. The Labute approximate surface area is 145 Å². The first-order chi connectivity index (χ1) is 12.0. The van der Waals surface area contributed by atoms with Crippen LogP contribution in [-0.2, 0) is 4.79 Å². The summed E-state index contributed by atoms with van der Waals surface area (Å²) in [6, 6.07) is 15.6. The molecule has 1 heterocycles. The molecule has 6 heteroatoms. The first-order valence-corrected chi connectivity index (χ1v) is 7.95. The van der Waals surface area contributed by atoms with Gasteiger partial charge in [0.25, 0.3) is 0 Å². The first-order valence-electron chi connectivity index (χ1n) is 7.95. The van der Waals surface area contributed by atoms with E-state index in [0.29, 0.717) is 11.4 Å². The van der Waals surface area contributed by atoms with Gasteiger partial charge in [-0.1, -0.05) is 18.2 Å². The number of halogens is 1. The number of nitrogens with zero attached hydrogens (tertiary/aromatic N) is 2. The van der Waals surface area contributed by atoms with Gasteiger partial charge in [-0.2, -0.15) is 5.10 Å². The third-order valence-electron chi connectivity index (χ3n) is 3.85. The predicted molar refractivity (Wildman–Crippen MR) is 96.6 cm³/mol. The van der Waals surface area contributed by atoms with E-state index in [-0.39, 0.29) is 18.3 Å². The van der Waals surface area contributed by atoms with Crippen LogP contribution in [0.2, 0.25) is 0 Å². The van der Waals surface area contributed by atoms with Crippen LogP contribution in [0.1, 0.15) is 11.4 Å². The number of hydrogen-bond acceptors (Lipinski definition) is 3. The van der Waals surface area contributed by atoms with Crippen LogP contribution in [0.15, 0.2) is 54.6 Å². The molecule has 0 aliphatic heterocycles. The molecule has 0 unspecified atom stereocenters. The lowest BCUT2D eigenvalue weighted by Gasteiger charge is -2.09. The number of amides is 1. The molecule has 1 amide bonds. The van der Waals surface area contributed by atoms with E-state index in [1.165, 1.54) is 12.1 Å². The van der Waals surface area contributed by atoms with Gasteiger partial charge < -0.3 is 10.6 Å². The molecule has 25 heavy (non-hydrogen) atoms. The van der Waals surface area contributed by atoms with Crippen molar-refractivity contribution in [2.24, 2.45) is 0 Å². The molecule has 0 bridgehead atoms. The third-order valence-corrected chi connectivity index (χ3v) is 3.85. The predicted octanol–water partition coefficient (Wildman–Crippen LogP) is 3.68. The highest BCUT2D eigenvalue weighted by molar-refractivity contribution is 5.94. The summed E-state index contributed by atoms with van der Waals surface area (Å²) in [6.07, 6.45) is 0. The molecule has 3 rings (SSSR count). The number of hydrogen-bond donors (Lipinski definition) is 2. The molecule has 0 fully saturated rings. The molecule has 1 aromatic heterocycles. The molecule has 128 valence electrons. The van der Waals surface area contributed by atoms with Crippen molar-refractivity contribution in [1.29, 1.82) is 0 Å². The maximum Gasteiger partial charge on any atom is 0.243 e. The number of aromatic nitrogens is 2. The van der Waals surface area contributed by atoms with E-state index in [4.69, 9.17) is 0 Å². The van der Waals surface area contributed by atoms with Crippen LogP contribution in [-0.4, -0.2) is 22.2 Å². The van der Waals surface area contributed by atoms with Crippen molar-refractivity contribution in [1.82, 2.24) is 9.78 Å². The highest BCUT2D eigenvalue weighted by Gasteiger charge is 2.15. The minimum Gasteiger partial charge on any atom is -0.376 e. The van der Waals surface area contributed by atoms with E-state index in [1.807, 2.05) is 44.2 Å². The molecule has 0 aliphatic rings. The molecule has 2 aromatic carbocycles. The summed E-state index contributed by atoms with van der Waals surface area (Å²) >= 11 is 0. The van der Waals surface area contributed by atoms with Gasteiger partial charge in [-0.25, -0.2) is 9.07 Å². The molecule has 0 radical (unpaired) electrons. The Morgan fingerprint density at radius 1 is 1.08 bits per heavy atom. The second-order valence-corrected chi connectivity index (χ2v) is 5.70. The van der Waals surface area contributed by atoms with Crippen molar-refractivity contribution in [3.8, 4) is 5.69 Å². The van der Waals surface area contributed by atoms with Crippen LogP contribution in [0.5, 0.6) is 0 Å². The van der Waals surface area contributed by atoms with Crippen LogP contribution in [0, 0.1) is 19.7 Å². The Balaban J connectivity index is 1.69. The number of para-hydroxylation sites is 1. The fraction of sp³-hybridized carbons (Fsp3) is 0.158. The van der Waals surface area contributed by atoms with Crippen molar-refractivity contribution >= 4 is 17.3 Å². The van der Waals surface area contributed by atoms with Crippen molar-refractivity contribution in [2.75, 3.05) is 17.2 Å². The number of benzene rings is 2. The standard InChI is InChI=1S/C19H19FN4O/c1-13-19(14(2)24(23-13)17-6-4-3-5-7-17)22-18(25)12-21-16-10-8-15(20)9-11-16/h3-11,21H,12H2,1-2H3,(H,22,25). The van der Waals surface area contributed by atoms with E-state index in [1.54, 1.807) is 16.8 Å². The van der Waals surface area contributed by atoms with Crippen LogP contribution in [0.3, 0.4) is 0 Å². The minimum absolute atomic E-state index is 0.0844. The van der Waals surface area contributed by atoms with E-state index in [0.717, 1.165) is 17.1 Å². The molecule has 0 saturated heterocycles. The minimum atomic E-state index is -0.311. The van der Waals surface area contributed by atoms with Gasteiger partial charge in [-0.3, -0.25) is 4.79 Å². The van der Waals surface area contributed by atoms with Crippen LogP contribution in [0.25, 0.3) is 5.69 Å². The van der Waals surface area contributed by atoms with Crippen molar-refractivity contribution in [3.63, 3.8) is 0 Å². The molecule has 0 atom stereocenters. The number of anilines is 2. The summed E-state index contributed by atoms with van der Waals surface area (Å²) in [5, 5.41) is 10.4. The number of aryl methyl sites for hydroxylation is 1. The SMILES string of the molecule is Cc1nn(-c2ccccc2)c(C)c1NC(=O)CNc1ccc(F)cc1. The molecule has 0 saturated carbocycles. The van der Waals surface area contributed by atoms with Gasteiger partial charge in [0.2, 0.25) is 5.91 Å². The van der Waals surface area contributed by atoms with Crippen molar-refractivity contribution < 1.29 is 9.18 Å². The highest BCUT2D eigenvalue weighted by atomic mass is 19.1. The molecule has 3 aromatic rings. The van der Waals surface area contributed by atoms with E-state index in [9.17, 15) is 9.18 Å². The monoisotopic (exact) mass is 338 g/mol. The lowest BCUT2D eigenvalue weighted by Crippen LogP contribution is -2.22. The van der Waals surface area contributed by atoms with Gasteiger partial charge in [0.1, 0.15) is 5.82 Å². The van der Waals surface area contributed by atoms with Gasteiger partial charge >= 0.3 is 0 Å². The number of nitrogens with one attached hydrogen (secondary N) is 2. The van der Waals surface area contributed by atoms with Gasteiger partial charge in [-0.05, 0) is 50.2 Å². The summed E-state index contributed by atoms with van der Waals surface area (Å²) in [4.78, 5) is 12.2. The zero-order valence-corrected chi connectivity index (χ0v) is 14.1. The Kier molecular flexibility index (Phi) is 4.79. The molecule has 5 nitrogen and oxygen atoms in total. The highest BCUT2D eigenvalue weighted by Crippen LogP contribution is 2.22. The lowest BCUT2D eigenvalue weighted by molar-refractivity contribution is -0.114. The second-order valence-electron chi connectivity index (χ2n) is 5.70. The maximum atomic E-state index is 12.9. The largest absolute Gasteiger partial charge is 0.376 e. The third kappa shape index (κ3) is 3.85. The Morgan fingerprint density at radius 3 is 2.44 bits per heavy atom. The number of carbonyl (C=O) groups excluding carboxylic acids is 1. The Bertz CT molecular complexity index is 872. The van der Waals surface area contributed by atoms with Gasteiger partial charge in [0.05, 0.1) is 29.3 Å². The summed E-state index contributed by atoms with van der Waals surface area (Å²) in [5.41, 5.74) is 3.93. The normalized spacial score (nSPS) is 10.5. The van der Waals surface area contributed by atoms with Gasteiger partial charge in [0, 0.05) is 5.69 Å². The topological polar surface area (TPSA) is 59.0 Å². The van der Waals surface area contributed by atoms with Crippen LogP contribution < -0.4 is 10.6 Å². The fourth-order valence-electron chi connectivity index (χ4n) is 2.58. The maximum absolute atomic E-state index is 12.9. The lowest BCUT2D eigenvalue weighted by atomic mass is 10.3. The smallest absolute Gasteiger partial charge is 0.243 e. The van der Waals surface area contributed by atoms with Gasteiger partial charge in [-0.15, -0.1) is 0 Å². The number of rotatable bonds is 5. The first kappa shape index (κ1) is 16.7. The number of carbonyl (C=O) groups is 1.